The van der Waals surface area contributed by atoms with Gasteiger partial charge in [-0.3, -0.25) is 9.59 Å². The van der Waals surface area contributed by atoms with Crippen molar-refractivity contribution in [1.82, 2.24) is 15.1 Å². The molecule has 1 aliphatic rings. The standard InChI is InChI=1S/C17H17Cl2N3O4/c18-12-2-1-11(9-13(12)19)22-6-3-14(21-22)16(25)20-17(10-15(23)24)4-7-26-8-5-17/h1-3,6,9H,4-5,7-8,10H2,(H,20,25)(H,23,24). The van der Waals surface area contributed by atoms with Gasteiger partial charge in [0, 0.05) is 19.4 Å². The van der Waals surface area contributed by atoms with Crippen molar-refractivity contribution in [2.45, 2.75) is 24.8 Å². The first-order chi connectivity index (χ1) is 12.4. The van der Waals surface area contributed by atoms with E-state index in [1.165, 1.54) is 4.68 Å². The molecule has 1 aromatic heterocycles. The predicted molar refractivity (Wildman–Crippen MR) is 96.1 cm³/mol. The van der Waals surface area contributed by atoms with Gasteiger partial charge in [0.1, 0.15) is 0 Å². The molecule has 1 amide bonds. The molecule has 3 rings (SSSR count). The van der Waals surface area contributed by atoms with Crippen LogP contribution in [0.2, 0.25) is 10.0 Å². The minimum Gasteiger partial charge on any atom is -0.481 e. The van der Waals surface area contributed by atoms with Crippen LogP contribution in [-0.2, 0) is 9.53 Å². The molecular formula is C17H17Cl2N3O4. The van der Waals surface area contributed by atoms with Crippen LogP contribution in [0.4, 0.5) is 0 Å². The highest BCUT2D eigenvalue weighted by Crippen LogP contribution is 2.26. The van der Waals surface area contributed by atoms with Crippen molar-refractivity contribution in [3.05, 3.63) is 46.2 Å². The number of carboxylic acid groups (broad SMARTS) is 1. The van der Waals surface area contributed by atoms with Crippen molar-refractivity contribution in [2.75, 3.05) is 13.2 Å². The molecule has 1 fully saturated rings. The molecule has 1 aromatic carbocycles. The number of aromatic nitrogens is 2. The Morgan fingerprint density at radius 2 is 1.96 bits per heavy atom. The van der Waals surface area contributed by atoms with Crippen LogP contribution >= 0.6 is 23.2 Å². The second kappa shape index (κ2) is 7.65. The van der Waals surface area contributed by atoms with Gasteiger partial charge in [0.15, 0.2) is 5.69 Å². The molecule has 1 aliphatic heterocycles. The molecule has 7 nitrogen and oxygen atoms in total. The molecule has 9 heteroatoms. The first-order valence-corrected chi connectivity index (χ1v) is 8.77. The lowest BCUT2D eigenvalue weighted by Gasteiger charge is -2.36. The molecule has 138 valence electrons. The fraction of sp³-hybridized carbons (Fsp3) is 0.353. The Morgan fingerprint density at radius 1 is 1.23 bits per heavy atom. The van der Waals surface area contributed by atoms with E-state index in [-0.39, 0.29) is 12.1 Å². The number of benzene rings is 1. The summed E-state index contributed by atoms with van der Waals surface area (Å²) in [6.45, 7) is 0.816. The largest absolute Gasteiger partial charge is 0.481 e. The fourth-order valence-corrected chi connectivity index (χ4v) is 3.21. The lowest BCUT2D eigenvalue weighted by Crippen LogP contribution is -2.53. The average Bonchev–Trinajstić information content (AvgIpc) is 3.07. The smallest absolute Gasteiger partial charge is 0.305 e. The van der Waals surface area contributed by atoms with Gasteiger partial charge in [-0.15, -0.1) is 0 Å². The minimum absolute atomic E-state index is 0.157. The monoisotopic (exact) mass is 397 g/mol. The fourth-order valence-electron chi connectivity index (χ4n) is 2.92. The van der Waals surface area contributed by atoms with Crippen LogP contribution in [0.25, 0.3) is 5.69 Å². The molecule has 2 N–H and O–H groups in total. The molecular weight excluding hydrogens is 381 g/mol. The van der Waals surface area contributed by atoms with Gasteiger partial charge in [0.05, 0.1) is 27.7 Å². The van der Waals surface area contributed by atoms with E-state index in [9.17, 15) is 14.7 Å². The number of aliphatic carboxylic acids is 1. The van der Waals surface area contributed by atoms with Gasteiger partial charge in [-0.25, -0.2) is 4.68 Å². The molecule has 0 radical (unpaired) electrons. The number of hydrogen-bond donors (Lipinski definition) is 2. The quantitative estimate of drug-likeness (QED) is 0.808. The Morgan fingerprint density at radius 3 is 2.62 bits per heavy atom. The third kappa shape index (κ3) is 4.17. The number of ether oxygens (including phenoxy) is 1. The maximum absolute atomic E-state index is 12.6. The van der Waals surface area contributed by atoms with Crippen LogP contribution in [0.5, 0.6) is 0 Å². The van der Waals surface area contributed by atoms with Gasteiger partial charge in [-0.1, -0.05) is 23.2 Å². The zero-order valence-corrected chi connectivity index (χ0v) is 15.3. The lowest BCUT2D eigenvalue weighted by atomic mass is 9.86. The van der Waals surface area contributed by atoms with Gasteiger partial charge in [-0.05, 0) is 37.1 Å². The van der Waals surface area contributed by atoms with E-state index in [4.69, 9.17) is 27.9 Å². The van der Waals surface area contributed by atoms with Crippen molar-refractivity contribution in [3.63, 3.8) is 0 Å². The summed E-state index contributed by atoms with van der Waals surface area (Å²) in [7, 11) is 0. The van der Waals surface area contributed by atoms with Gasteiger partial charge in [0.2, 0.25) is 0 Å². The maximum atomic E-state index is 12.6. The Bertz CT molecular complexity index is 831. The molecule has 0 saturated carbocycles. The summed E-state index contributed by atoms with van der Waals surface area (Å²) < 4.78 is 6.79. The number of nitrogens with one attached hydrogen (secondary N) is 1. The van der Waals surface area contributed by atoms with Gasteiger partial charge in [-0.2, -0.15) is 5.10 Å². The number of rotatable bonds is 5. The molecule has 2 aromatic rings. The highest BCUT2D eigenvalue weighted by atomic mass is 35.5. The van der Waals surface area contributed by atoms with Gasteiger partial charge >= 0.3 is 5.97 Å². The third-order valence-corrected chi connectivity index (χ3v) is 5.05. The second-order valence-corrected chi connectivity index (χ2v) is 6.98. The van der Waals surface area contributed by atoms with E-state index < -0.39 is 17.4 Å². The van der Waals surface area contributed by atoms with Crippen LogP contribution in [0.3, 0.4) is 0 Å². The van der Waals surface area contributed by atoms with Crippen LogP contribution in [0.1, 0.15) is 29.8 Å². The van der Waals surface area contributed by atoms with Crippen LogP contribution in [0.15, 0.2) is 30.5 Å². The highest BCUT2D eigenvalue weighted by Gasteiger charge is 2.37. The number of carbonyl (C=O) groups is 2. The molecule has 26 heavy (non-hydrogen) atoms. The number of amides is 1. The summed E-state index contributed by atoms with van der Waals surface area (Å²) in [6.07, 6.45) is 2.36. The molecule has 0 unspecified atom stereocenters. The van der Waals surface area contributed by atoms with E-state index in [0.717, 1.165) is 0 Å². The average molecular weight is 398 g/mol. The first kappa shape index (κ1) is 18.7. The topological polar surface area (TPSA) is 93.5 Å². The van der Waals surface area contributed by atoms with Crippen molar-refractivity contribution >= 4 is 35.1 Å². The molecule has 0 aliphatic carbocycles. The Balaban J connectivity index is 1.78. The van der Waals surface area contributed by atoms with E-state index in [0.29, 0.717) is 41.8 Å². The van der Waals surface area contributed by atoms with Crippen molar-refractivity contribution < 1.29 is 19.4 Å². The Hall–Kier alpha value is -2.09. The lowest BCUT2D eigenvalue weighted by molar-refractivity contribution is -0.139. The molecule has 1 saturated heterocycles. The van der Waals surface area contributed by atoms with Gasteiger partial charge < -0.3 is 15.2 Å². The SMILES string of the molecule is O=C(O)CC1(NC(=O)c2ccn(-c3ccc(Cl)c(Cl)c3)n2)CCOCC1. The second-order valence-electron chi connectivity index (χ2n) is 6.16. The van der Waals surface area contributed by atoms with E-state index in [2.05, 4.69) is 10.4 Å². The summed E-state index contributed by atoms with van der Waals surface area (Å²) in [5.41, 5.74) is 0.0197. The zero-order chi connectivity index (χ0) is 18.7. The maximum Gasteiger partial charge on any atom is 0.305 e. The van der Waals surface area contributed by atoms with Crippen molar-refractivity contribution in [3.8, 4) is 5.69 Å². The number of carboxylic acids is 1. The number of halogens is 2. The van der Waals surface area contributed by atoms with Crippen LogP contribution in [-0.4, -0.2) is 45.5 Å². The third-order valence-electron chi connectivity index (χ3n) is 4.31. The van der Waals surface area contributed by atoms with E-state index in [1.807, 2.05) is 0 Å². The summed E-state index contributed by atoms with van der Waals surface area (Å²) in [5, 5.41) is 17.1. The highest BCUT2D eigenvalue weighted by molar-refractivity contribution is 6.42. The molecule has 2 heterocycles. The number of nitrogens with zero attached hydrogens (tertiary/aromatic N) is 2. The summed E-state index contributed by atoms with van der Waals surface area (Å²) in [4.78, 5) is 23.8. The summed E-state index contributed by atoms with van der Waals surface area (Å²) >= 11 is 11.9. The van der Waals surface area contributed by atoms with Crippen molar-refractivity contribution in [1.29, 1.82) is 0 Å². The summed E-state index contributed by atoms with van der Waals surface area (Å²) in [5.74, 6) is -1.39. The predicted octanol–water partition coefficient (Wildman–Crippen LogP) is 2.93. The van der Waals surface area contributed by atoms with Crippen LogP contribution < -0.4 is 5.32 Å². The molecule has 0 atom stereocenters. The number of carbonyl (C=O) groups excluding carboxylic acids is 1. The zero-order valence-electron chi connectivity index (χ0n) is 13.7. The van der Waals surface area contributed by atoms with E-state index >= 15 is 0 Å². The molecule has 0 spiro atoms. The van der Waals surface area contributed by atoms with Gasteiger partial charge in [0.25, 0.3) is 5.91 Å². The van der Waals surface area contributed by atoms with E-state index in [1.54, 1.807) is 30.5 Å². The summed E-state index contributed by atoms with van der Waals surface area (Å²) in [6, 6.07) is 6.58. The molecule has 0 bridgehead atoms. The minimum atomic E-state index is -0.964. The van der Waals surface area contributed by atoms with Crippen LogP contribution in [0, 0.1) is 0 Å². The Labute approximate surface area is 159 Å². The number of hydrogen-bond acceptors (Lipinski definition) is 4. The Kier molecular flexibility index (Phi) is 5.50. The normalized spacial score (nSPS) is 16.2. The first-order valence-electron chi connectivity index (χ1n) is 8.02. The van der Waals surface area contributed by atoms with Crippen molar-refractivity contribution in [2.24, 2.45) is 0 Å².